The first-order valence-electron chi connectivity index (χ1n) is 11.9. The van der Waals surface area contributed by atoms with Crippen molar-refractivity contribution in [3.05, 3.63) is 88.7 Å². The first kappa shape index (κ1) is 27.0. The Kier molecular flexibility index (Phi) is 7.23. The van der Waals surface area contributed by atoms with Gasteiger partial charge in [-0.2, -0.15) is 0 Å². The van der Waals surface area contributed by atoms with Crippen molar-refractivity contribution in [1.82, 2.24) is 4.98 Å². The molecule has 7 nitrogen and oxygen atoms in total. The fourth-order valence-corrected chi connectivity index (χ4v) is 9.32. The first-order chi connectivity index (χ1) is 18.0. The van der Waals surface area contributed by atoms with Crippen molar-refractivity contribution in [3.63, 3.8) is 0 Å². The molecule has 2 aliphatic heterocycles. The van der Waals surface area contributed by atoms with Crippen LogP contribution in [0.15, 0.2) is 65.8 Å². The Hall–Kier alpha value is -2.60. The normalized spacial score (nSPS) is 23.2. The molecule has 0 spiro atoms. The summed E-state index contributed by atoms with van der Waals surface area (Å²) in [6.45, 7) is -0.403. The second-order valence-corrected chi connectivity index (χ2v) is 14.2. The van der Waals surface area contributed by atoms with Crippen molar-refractivity contribution in [2.24, 2.45) is 5.92 Å². The minimum absolute atomic E-state index is 0.0548. The number of pyridine rings is 1. The average Bonchev–Trinajstić information content (AvgIpc) is 2.89. The number of benzene rings is 2. The molecule has 0 N–H and O–H groups in total. The van der Waals surface area contributed by atoms with Crippen LogP contribution >= 0.6 is 11.6 Å². The zero-order valence-electron chi connectivity index (χ0n) is 20.0. The van der Waals surface area contributed by atoms with Crippen molar-refractivity contribution < 1.29 is 35.1 Å². The molecule has 1 saturated heterocycles. The standard InChI is InChI=1S/C26H24ClF2NO6S2/c27-18-3-5-19(6-4-18)38(33,34)26-10-12-35-23(9-13-37(31,32)16-17-2-1-11-30-14-17)20(26)15-36-25-22(29)8-7-21(28)24(25)26/h1-8,11,14,20,23H,9-10,12-13,15-16H2. The van der Waals surface area contributed by atoms with E-state index in [0.717, 1.165) is 12.1 Å². The Morgan fingerprint density at radius 3 is 2.47 bits per heavy atom. The Morgan fingerprint density at radius 2 is 1.76 bits per heavy atom. The van der Waals surface area contributed by atoms with Gasteiger partial charge in [-0.1, -0.05) is 17.7 Å². The van der Waals surface area contributed by atoms with Gasteiger partial charge in [0.15, 0.2) is 31.2 Å². The molecule has 38 heavy (non-hydrogen) atoms. The molecule has 5 rings (SSSR count). The Balaban J connectivity index is 1.56. The number of sulfone groups is 2. The lowest BCUT2D eigenvalue weighted by molar-refractivity contribution is -0.0732. The maximum Gasteiger partial charge on any atom is 0.189 e. The highest BCUT2D eigenvalue weighted by atomic mass is 35.5. The van der Waals surface area contributed by atoms with Gasteiger partial charge in [0, 0.05) is 29.9 Å². The minimum Gasteiger partial charge on any atom is -0.490 e. The summed E-state index contributed by atoms with van der Waals surface area (Å²) in [6.07, 6.45) is 1.86. The molecule has 0 amide bonds. The van der Waals surface area contributed by atoms with Crippen molar-refractivity contribution in [3.8, 4) is 5.75 Å². The molecule has 0 saturated carbocycles. The summed E-state index contributed by atoms with van der Waals surface area (Å²) in [6, 6.07) is 10.5. The fourth-order valence-electron chi connectivity index (χ4n) is 5.44. The van der Waals surface area contributed by atoms with E-state index in [2.05, 4.69) is 4.98 Å². The fraction of sp³-hybridized carbons (Fsp3) is 0.346. The number of ether oxygens (including phenoxy) is 2. The van der Waals surface area contributed by atoms with Crippen LogP contribution in [0.1, 0.15) is 24.0 Å². The molecular formula is C26H24ClF2NO6S2. The van der Waals surface area contributed by atoms with Crippen LogP contribution < -0.4 is 4.74 Å². The van der Waals surface area contributed by atoms with Gasteiger partial charge in [0.1, 0.15) is 10.6 Å². The van der Waals surface area contributed by atoms with E-state index in [1.54, 1.807) is 12.1 Å². The molecule has 3 unspecified atom stereocenters. The zero-order valence-corrected chi connectivity index (χ0v) is 22.4. The third kappa shape index (κ3) is 4.70. The summed E-state index contributed by atoms with van der Waals surface area (Å²) in [4.78, 5) is 3.82. The number of rotatable bonds is 7. The SMILES string of the molecule is O=S(=O)(CCC1OCCC2(S(=O)(=O)c3ccc(Cl)cc3)c3c(F)ccc(F)c3OCC12)Cc1cccnc1. The van der Waals surface area contributed by atoms with E-state index in [1.807, 2.05) is 0 Å². The Bertz CT molecular complexity index is 1550. The molecule has 12 heteroatoms. The van der Waals surface area contributed by atoms with Gasteiger partial charge < -0.3 is 9.47 Å². The highest BCUT2D eigenvalue weighted by molar-refractivity contribution is 7.92. The highest BCUT2D eigenvalue weighted by Gasteiger charge is 2.61. The number of fused-ring (bicyclic) bond motifs is 3. The van der Waals surface area contributed by atoms with Gasteiger partial charge in [-0.15, -0.1) is 0 Å². The zero-order chi connectivity index (χ0) is 27.1. The van der Waals surface area contributed by atoms with Crippen LogP contribution in [-0.2, 0) is 34.9 Å². The van der Waals surface area contributed by atoms with E-state index < -0.39 is 59.4 Å². The lowest BCUT2D eigenvalue weighted by atomic mass is 9.75. The van der Waals surface area contributed by atoms with Crippen LogP contribution in [0.3, 0.4) is 0 Å². The lowest BCUT2D eigenvalue weighted by Gasteiger charge is -2.50. The molecular weight excluding hydrogens is 560 g/mol. The summed E-state index contributed by atoms with van der Waals surface area (Å²) < 4.78 is 94.2. The second kappa shape index (κ2) is 10.2. The van der Waals surface area contributed by atoms with Crippen LogP contribution in [0.2, 0.25) is 5.02 Å². The summed E-state index contributed by atoms with van der Waals surface area (Å²) in [5, 5.41) is 0.311. The van der Waals surface area contributed by atoms with Crippen LogP contribution in [0.4, 0.5) is 8.78 Å². The highest BCUT2D eigenvalue weighted by Crippen LogP contribution is 2.56. The van der Waals surface area contributed by atoms with Crippen molar-refractivity contribution in [2.45, 2.75) is 34.3 Å². The lowest BCUT2D eigenvalue weighted by Crippen LogP contribution is -2.57. The van der Waals surface area contributed by atoms with Crippen LogP contribution in [0.5, 0.6) is 5.75 Å². The third-order valence-electron chi connectivity index (χ3n) is 7.17. The summed E-state index contributed by atoms with van der Waals surface area (Å²) >= 11 is 5.97. The molecule has 3 heterocycles. The second-order valence-electron chi connectivity index (χ2n) is 9.40. The van der Waals surface area contributed by atoms with Gasteiger partial charge in [0.05, 0.1) is 34.7 Å². The molecule has 2 aromatic carbocycles. The van der Waals surface area contributed by atoms with Crippen LogP contribution in [0.25, 0.3) is 0 Å². The van der Waals surface area contributed by atoms with E-state index in [4.69, 9.17) is 21.1 Å². The number of hydrogen-bond acceptors (Lipinski definition) is 7. The predicted molar refractivity (Wildman–Crippen MR) is 136 cm³/mol. The first-order valence-corrected chi connectivity index (χ1v) is 15.6. The van der Waals surface area contributed by atoms with E-state index in [9.17, 15) is 21.2 Å². The Labute approximate surface area is 224 Å². The van der Waals surface area contributed by atoms with Crippen LogP contribution in [0, 0.1) is 17.6 Å². The largest absolute Gasteiger partial charge is 0.490 e. The van der Waals surface area contributed by atoms with Crippen molar-refractivity contribution >= 4 is 31.3 Å². The molecule has 0 aliphatic carbocycles. The molecule has 0 radical (unpaired) electrons. The van der Waals surface area contributed by atoms with Gasteiger partial charge in [0.25, 0.3) is 0 Å². The number of aromatic nitrogens is 1. The minimum atomic E-state index is -4.37. The molecule has 3 aromatic rings. The van der Waals surface area contributed by atoms with Gasteiger partial charge in [-0.25, -0.2) is 25.6 Å². The van der Waals surface area contributed by atoms with E-state index in [-0.39, 0.29) is 42.5 Å². The van der Waals surface area contributed by atoms with Gasteiger partial charge in [-0.05, 0) is 60.9 Å². The maximum atomic E-state index is 15.4. The summed E-state index contributed by atoms with van der Waals surface area (Å²) in [5.41, 5.74) is 0.124. The van der Waals surface area contributed by atoms with Gasteiger partial charge in [-0.3, -0.25) is 4.98 Å². The van der Waals surface area contributed by atoms with E-state index in [0.29, 0.717) is 10.6 Å². The molecule has 1 aromatic heterocycles. The maximum absolute atomic E-state index is 15.4. The molecule has 202 valence electrons. The van der Waals surface area contributed by atoms with Gasteiger partial charge >= 0.3 is 0 Å². The van der Waals surface area contributed by atoms with E-state index >= 15 is 4.39 Å². The quantitative estimate of drug-likeness (QED) is 0.404. The number of halogens is 3. The summed E-state index contributed by atoms with van der Waals surface area (Å²) in [5.74, 6) is -3.82. The molecule has 0 bridgehead atoms. The third-order valence-corrected chi connectivity index (χ3v) is 11.6. The number of hydrogen-bond donors (Lipinski definition) is 0. The van der Waals surface area contributed by atoms with Crippen LogP contribution in [-0.4, -0.2) is 46.9 Å². The van der Waals surface area contributed by atoms with Gasteiger partial charge in [0.2, 0.25) is 0 Å². The predicted octanol–water partition coefficient (Wildman–Crippen LogP) is 4.49. The monoisotopic (exact) mass is 583 g/mol. The average molecular weight is 584 g/mol. The van der Waals surface area contributed by atoms with E-state index in [1.165, 1.54) is 36.7 Å². The molecule has 3 atom stereocenters. The topological polar surface area (TPSA) is 99.6 Å². The van der Waals surface area contributed by atoms with Crippen molar-refractivity contribution in [1.29, 1.82) is 0 Å². The Morgan fingerprint density at radius 1 is 1.03 bits per heavy atom. The molecule has 2 aliphatic rings. The molecule has 1 fully saturated rings. The number of nitrogens with zero attached hydrogens (tertiary/aromatic N) is 1. The smallest absolute Gasteiger partial charge is 0.189 e. The van der Waals surface area contributed by atoms with Crippen molar-refractivity contribution in [2.75, 3.05) is 19.0 Å². The summed E-state index contributed by atoms with van der Waals surface area (Å²) in [7, 11) is -7.99.